The van der Waals surface area contributed by atoms with Crippen molar-refractivity contribution < 1.29 is 4.79 Å². The van der Waals surface area contributed by atoms with Gasteiger partial charge in [-0.15, -0.1) is 0 Å². The van der Waals surface area contributed by atoms with E-state index in [1.807, 2.05) is 31.2 Å². The van der Waals surface area contributed by atoms with Crippen molar-refractivity contribution in [1.29, 1.82) is 0 Å². The Labute approximate surface area is 112 Å². The molecule has 1 aliphatic rings. The maximum atomic E-state index is 12.2. The Kier molecular flexibility index (Phi) is 2.85. The second-order valence-corrected chi connectivity index (χ2v) is 5.30. The van der Waals surface area contributed by atoms with Crippen LogP contribution in [0, 0.1) is 12.8 Å². The first-order chi connectivity index (χ1) is 9.15. The van der Waals surface area contributed by atoms with Crippen molar-refractivity contribution in [3.63, 3.8) is 0 Å². The molecule has 2 aromatic rings. The lowest BCUT2D eigenvalue weighted by Crippen LogP contribution is -2.17. The highest BCUT2D eigenvalue weighted by atomic mass is 16.1. The molecule has 0 bridgehead atoms. The van der Waals surface area contributed by atoms with Crippen LogP contribution in [0.1, 0.15) is 35.0 Å². The Morgan fingerprint density at radius 2 is 2.11 bits per heavy atom. The van der Waals surface area contributed by atoms with E-state index in [9.17, 15) is 4.79 Å². The molecule has 1 atom stereocenters. The number of aryl methyl sites for hydroxylation is 1. The topological polar surface area (TPSA) is 57.8 Å². The van der Waals surface area contributed by atoms with Gasteiger partial charge in [-0.2, -0.15) is 5.10 Å². The fraction of sp³-hybridized carbons (Fsp3) is 0.333. The van der Waals surface area contributed by atoms with Crippen LogP contribution >= 0.6 is 0 Å². The summed E-state index contributed by atoms with van der Waals surface area (Å²) in [6, 6.07) is 7.99. The van der Waals surface area contributed by atoms with E-state index in [-0.39, 0.29) is 5.78 Å². The van der Waals surface area contributed by atoms with Crippen LogP contribution in [-0.2, 0) is 6.42 Å². The predicted molar refractivity (Wildman–Crippen MR) is 74.9 cm³/mol. The lowest BCUT2D eigenvalue weighted by Gasteiger charge is -2.17. The van der Waals surface area contributed by atoms with Crippen LogP contribution < -0.4 is 5.32 Å². The standard InChI is InChI=1S/C15H17N3O/c1-9-7-12-14(13(19)8-9)15(18-17-12)16-11-6-4-3-5-10(11)2/h3-6,9H,7-8H2,1-2H3,(H2,16,17,18). The maximum absolute atomic E-state index is 12.2. The van der Waals surface area contributed by atoms with Crippen molar-refractivity contribution in [3.05, 3.63) is 41.1 Å². The number of fused-ring (bicyclic) bond motifs is 1. The van der Waals surface area contributed by atoms with Gasteiger partial charge in [0.2, 0.25) is 0 Å². The summed E-state index contributed by atoms with van der Waals surface area (Å²) in [5, 5.41) is 10.5. The molecule has 4 heteroatoms. The highest BCUT2D eigenvalue weighted by molar-refractivity contribution is 6.03. The highest BCUT2D eigenvalue weighted by Gasteiger charge is 2.28. The normalized spacial score (nSPS) is 18.2. The molecule has 3 rings (SSSR count). The number of Topliss-reactive ketones (excluding diaryl/α,β-unsaturated/α-hetero) is 1. The summed E-state index contributed by atoms with van der Waals surface area (Å²) in [4.78, 5) is 12.2. The molecular weight excluding hydrogens is 238 g/mol. The minimum absolute atomic E-state index is 0.179. The quantitative estimate of drug-likeness (QED) is 0.866. The number of anilines is 2. The third-order valence-electron chi connectivity index (χ3n) is 3.60. The summed E-state index contributed by atoms with van der Waals surface area (Å²) in [5.74, 6) is 1.23. The number of hydrogen-bond acceptors (Lipinski definition) is 3. The lowest BCUT2D eigenvalue weighted by molar-refractivity contribution is 0.0954. The molecule has 98 valence electrons. The van der Waals surface area contributed by atoms with Crippen LogP contribution in [0.15, 0.2) is 24.3 Å². The Morgan fingerprint density at radius 3 is 2.89 bits per heavy atom. The molecule has 1 aliphatic carbocycles. The molecule has 0 spiro atoms. The average molecular weight is 255 g/mol. The van der Waals surface area contributed by atoms with Crippen LogP contribution in [0.2, 0.25) is 0 Å². The molecule has 19 heavy (non-hydrogen) atoms. The molecule has 0 saturated carbocycles. The van der Waals surface area contributed by atoms with Gasteiger partial charge in [0.15, 0.2) is 11.6 Å². The van der Waals surface area contributed by atoms with E-state index in [4.69, 9.17) is 0 Å². The lowest BCUT2D eigenvalue weighted by atomic mass is 9.88. The van der Waals surface area contributed by atoms with Crippen molar-refractivity contribution in [2.45, 2.75) is 26.7 Å². The van der Waals surface area contributed by atoms with Crippen molar-refractivity contribution in [2.75, 3.05) is 5.32 Å². The number of carbonyl (C=O) groups excluding carboxylic acids is 1. The molecule has 0 radical (unpaired) electrons. The van der Waals surface area contributed by atoms with Gasteiger partial charge in [-0.1, -0.05) is 25.1 Å². The van der Waals surface area contributed by atoms with Crippen LogP contribution in [0.5, 0.6) is 0 Å². The van der Waals surface area contributed by atoms with Crippen molar-refractivity contribution in [2.24, 2.45) is 5.92 Å². The predicted octanol–water partition coefficient (Wildman–Crippen LogP) is 3.23. The molecule has 1 unspecified atom stereocenters. The molecule has 0 fully saturated rings. The highest BCUT2D eigenvalue weighted by Crippen LogP contribution is 2.30. The third kappa shape index (κ3) is 2.14. The minimum Gasteiger partial charge on any atom is -0.338 e. The molecule has 1 aromatic carbocycles. The van der Waals surface area contributed by atoms with E-state index in [0.29, 0.717) is 18.2 Å². The van der Waals surface area contributed by atoms with Gasteiger partial charge in [0.05, 0.1) is 5.56 Å². The summed E-state index contributed by atoms with van der Waals surface area (Å²) in [5.41, 5.74) is 3.82. The SMILES string of the molecule is Cc1ccccc1Nc1n[nH]c2c1C(=O)CC(C)C2. The number of nitrogens with zero attached hydrogens (tertiary/aromatic N) is 1. The minimum atomic E-state index is 0.179. The largest absolute Gasteiger partial charge is 0.338 e. The molecule has 1 aromatic heterocycles. The van der Waals surface area contributed by atoms with E-state index in [1.54, 1.807) is 0 Å². The molecule has 0 aliphatic heterocycles. The number of carbonyl (C=O) groups is 1. The van der Waals surface area contributed by atoms with Gasteiger partial charge in [-0.05, 0) is 30.9 Å². The van der Waals surface area contributed by atoms with E-state index in [1.165, 1.54) is 0 Å². The van der Waals surface area contributed by atoms with Gasteiger partial charge in [0, 0.05) is 17.8 Å². The van der Waals surface area contributed by atoms with Gasteiger partial charge in [0.1, 0.15) is 0 Å². The molecule has 4 nitrogen and oxygen atoms in total. The summed E-state index contributed by atoms with van der Waals surface area (Å²) in [6.45, 7) is 4.13. The third-order valence-corrected chi connectivity index (χ3v) is 3.60. The monoisotopic (exact) mass is 255 g/mol. The van der Waals surface area contributed by atoms with E-state index in [2.05, 4.69) is 22.4 Å². The molecular formula is C15H17N3O. The first-order valence-corrected chi connectivity index (χ1v) is 6.58. The van der Waals surface area contributed by atoms with Crippen LogP contribution in [0.3, 0.4) is 0 Å². The average Bonchev–Trinajstić information content (AvgIpc) is 2.75. The van der Waals surface area contributed by atoms with Crippen LogP contribution in [-0.4, -0.2) is 16.0 Å². The van der Waals surface area contributed by atoms with Crippen LogP contribution in [0.4, 0.5) is 11.5 Å². The number of hydrogen-bond donors (Lipinski definition) is 2. The summed E-state index contributed by atoms with van der Waals surface area (Å²) in [7, 11) is 0. The zero-order valence-electron chi connectivity index (χ0n) is 11.2. The fourth-order valence-electron chi connectivity index (χ4n) is 2.60. The number of H-pyrrole nitrogens is 1. The van der Waals surface area contributed by atoms with E-state index in [0.717, 1.165) is 28.9 Å². The van der Waals surface area contributed by atoms with E-state index < -0.39 is 0 Å². The zero-order valence-corrected chi connectivity index (χ0v) is 11.2. The second kappa shape index (κ2) is 4.53. The summed E-state index contributed by atoms with van der Waals surface area (Å²) >= 11 is 0. The number of aromatic amines is 1. The van der Waals surface area contributed by atoms with Gasteiger partial charge >= 0.3 is 0 Å². The number of ketones is 1. The van der Waals surface area contributed by atoms with E-state index >= 15 is 0 Å². The number of benzene rings is 1. The Bertz CT molecular complexity index is 630. The number of para-hydroxylation sites is 1. The summed E-state index contributed by atoms with van der Waals surface area (Å²) in [6.07, 6.45) is 1.50. The van der Waals surface area contributed by atoms with Crippen molar-refractivity contribution in [1.82, 2.24) is 10.2 Å². The van der Waals surface area contributed by atoms with Gasteiger partial charge in [-0.25, -0.2) is 0 Å². The molecule has 0 amide bonds. The van der Waals surface area contributed by atoms with Crippen molar-refractivity contribution >= 4 is 17.3 Å². The zero-order chi connectivity index (χ0) is 13.4. The maximum Gasteiger partial charge on any atom is 0.168 e. The number of rotatable bonds is 2. The molecule has 0 saturated heterocycles. The first kappa shape index (κ1) is 12.0. The van der Waals surface area contributed by atoms with Gasteiger partial charge in [0.25, 0.3) is 0 Å². The van der Waals surface area contributed by atoms with Gasteiger partial charge in [-0.3, -0.25) is 9.89 Å². The number of nitrogens with one attached hydrogen (secondary N) is 2. The smallest absolute Gasteiger partial charge is 0.168 e. The Morgan fingerprint density at radius 1 is 1.32 bits per heavy atom. The molecule has 2 N–H and O–H groups in total. The second-order valence-electron chi connectivity index (χ2n) is 5.30. The number of aromatic nitrogens is 2. The summed E-state index contributed by atoms with van der Waals surface area (Å²) < 4.78 is 0. The Balaban J connectivity index is 1.96. The molecule has 1 heterocycles. The fourth-order valence-corrected chi connectivity index (χ4v) is 2.60. The first-order valence-electron chi connectivity index (χ1n) is 6.58. The Hall–Kier alpha value is -2.10. The van der Waals surface area contributed by atoms with Crippen LogP contribution in [0.25, 0.3) is 0 Å². The van der Waals surface area contributed by atoms with Crippen molar-refractivity contribution in [3.8, 4) is 0 Å². The van der Waals surface area contributed by atoms with Gasteiger partial charge < -0.3 is 5.32 Å².